The Balaban J connectivity index is 5.30. The van der Waals surface area contributed by atoms with Crippen LogP contribution in [-0.4, -0.2) is 55.8 Å². The molecule has 22 heavy (non-hydrogen) atoms. The molecule has 0 bridgehead atoms. The predicted molar refractivity (Wildman–Crippen MR) is 63.7 cm³/mol. The first kappa shape index (κ1) is 22.5. The number of aliphatic hydroxyl groups excluding tert-OH is 1. The standard InChI is InChI=1S/C3H12O15P4/c4-2(17-22(15,16)18-21(12,13)14)1-3(5,19(6,7)8)20(9,10)11/h2,4-5H,1H2,(H,15,16)(H2,6,7,8)(H2,9,10,11)(H2,12,13,14). The molecule has 15 nitrogen and oxygen atoms in total. The summed E-state index contributed by atoms with van der Waals surface area (Å²) in [5.74, 6) is 0. The normalized spacial score (nSPS) is 18.8. The molecule has 0 fully saturated rings. The maximum atomic E-state index is 11.0. The van der Waals surface area contributed by atoms with Crippen LogP contribution in [0.3, 0.4) is 0 Å². The smallest absolute Gasteiger partial charge is 0.367 e. The van der Waals surface area contributed by atoms with Gasteiger partial charge in [-0.15, -0.1) is 0 Å². The number of aliphatic hydroxyl groups is 2. The Kier molecular flexibility index (Phi) is 6.92. The average molecular weight is 412 g/mol. The fraction of sp³-hybridized carbons (Fsp3) is 1.00. The van der Waals surface area contributed by atoms with Crippen LogP contribution in [0.25, 0.3) is 0 Å². The monoisotopic (exact) mass is 412 g/mol. The summed E-state index contributed by atoms with van der Waals surface area (Å²) in [6.45, 7) is 0. The van der Waals surface area contributed by atoms with Gasteiger partial charge in [0.05, 0.1) is 6.42 Å². The summed E-state index contributed by atoms with van der Waals surface area (Å²) in [4.78, 5) is 60.2. The van der Waals surface area contributed by atoms with Gasteiger partial charge in [-0.3, -0.25) is 13.7 Å². The van der Waals surface area contributed by atoms with Gasteiger partial charge in [-0.25, -0.2) is 9.13 Å². The van der Waals surface area contributed by atoms with Crippen LogP contribution in [0.5, 0.6) is 0 Å². The second-order valence-corrected chi connectivity index (χ2v) is 10.5. The Hall–Kier alpha value is 0.480. The highest BCUT2D eigenvalue weighted by atomic mass is 31.3. The molecule has 0 aromatic rings. The van der Waals surface area contributed by atoms with E-state index < -0.39 is 48.6 Å². The second kappa shape index (κ2) is 6.77. The van der Waals surface area contributed by atoms with Crippen molar-refractivity contribution in [1.29, 1.82) is 0 Å². The van der Waals surface area contributed by atoms with Gasteiger partial charge in [0.2, 0.25) is 0 Å². The Labute approximate surface area is 121 Å². The molecule has 0 spiro atoms. The molecule has 0 aliphatic carbocycles. The number of phosphoric ester groups is 1. The van der Waals surface area contributed by atoms with Crippen molar-refractivity contribution in [3.63, 3.8) is 0 Å². The van der Waals surface area contributed by atoms with Gasteiger partial charge < -0.3 is 44.5 Å². The fourth-order valence-corrected chi connectivity index (χ4v) is 4.74. The quantitative estimate of drug-likeness (QED) is 0.153. The van der Waals surface area contributed by atoms with Crippen LogP contribution in [0.15, 0.2) is 0 Å². The molecule has 0 heterocycles. The third-order valence-electron chi connectivity index (χ3n) is 1.85. The molecule has 0 aromatic carbocycles. The van der Waals surface area contributed by atoms with Gasteiger partial charge >= 0.3 is 30.8 Å². The van der Waals surface area contributed by atoms with Crippen molar-refractivity contribution < 1.29 is 71.6 Å². The Bertz CT molecular complexity index is 554. The lowest BCUT2D eigenvalue weighted by atomic mass is 10.4. The van der Waals surface area contributed by atoms with E-state index in [0.29, 0.717) is 0 Å². The van der Waals surface area contributed by atoms with Crippen molar-refractivity contribution in [3.8, 4) is 0 Å². The van der Waals surface area contributed by atoms with Gasteiger partial charge in [-0.1, -0.05) is 0 Å². The third-order valence-corrected chi connectivity index (χ3v) is 7.83. The molecule has 19 heteroatoms. The van der Waals surface area contributed by atoms with E-state index in [1.165, 1.54) is 0 Å². The lowest BCUT2D eigenvalue weighted by Crippen LogP contribution is -2.34. The first-order chi connectivity index (χ1) is 9.31. The van der Waals surface area contributed by atoms with E-state index in [1.807, 2.05) is 0 Å². The molecule has 2 atom stereocenters. The molecular weight excluding hydrogens is 400 g/mol. The molecule has 0 saturated heterocycles. The highest BCUT2D eigenvalue weighted by Gasteiger charge is 2.60. The molecule has 0 saturated carbocycles. The van der Waals surface area contributed by atoms with Crippen molar-refractivity contribution in [2.24, 2.45) is 0 Å². The Morgan fingerprint density at radius 3 is 1.50 bits per heavy atom. The highest BCUT2D eigenvalue weighted by Crippen LogP contribution is 2.69. The Morgan fingerprint density at radius 2 is 1.23 bits per heavy atom. The van der Waals surface area contributed by atoms with Crippen LogP contribution < -0.4 is 0 Å². The average Bonchev–Trinajstić information content (AvgIpc) is 2.07. The summed E-state index contributed by atoms with van der Waals surface area (Å²) >= 11 is 0. The molecule has 2 unspecified atom stereocenters. The van der Waals surface area contributed by atoms with Crippen molar-refractivity contribution in [2.75, 3.05) is 0 Å². The fourth-order valence-electron chi connectivity index (χ4n) is 0.986. The largest absolute Gasteiger partial charge is 0.483 e. The summed E-state index contributed by atoms with van der Waals surface area (Å²) in [6.07, 6.45) is -4.94. The predicted octanol–water partition coefficient (Wildman–Crippen LogP) is -2.08. The molecule has 0 aliphatic heterocycles. The van der Waals surface area contributed by atoms with Crippen molar-refractivity contribution in [3.05, 3.63) is 0 Å². The van der Waals surface area contributed by atoms with E-state index in [0.717, 1.165) is 0 Å². The lowest BCUT2D eigenvalue weighted by molar-refractivity contribution is -0.0665. The van der Waals surface area contributed by atoms with Crippen LogP contribution in [0.1, 0.15) is 6.42 Å². The first-order valence-corrected chi connectivity index (χ1v) is 10.9. The number of hydrogen-bond acceptors (Lipinski definition) is 8. The van der Waals surface area contributed by atoms with Crippen LogP contribution in [-0.2, 0) is 27.1 Å². The van der Waals surface area contributed by atoms with E-state index in [2.05, 4.69) is 8.83 Å². The highest BCUT2D eigenvalue weighted by molar-refractivity contribution is 7.72. The van der Waals surface area contributed by atoms with Crippen molar-refractivity contribution in [2.45, 2.75) is 17.8 Å². The van der Waals surface area contributed by atoms with Crippen molar-refractivity contribution >= 4 is 30.8 Å². The van der Waals surface area contributed by atoms with E-state index in [4.69, 9.17) is 39.4 Å². The molecule has 0 aliphatic rings. The zero-order valence-corrected chi connectivity index (χ0v) is 13.6. The van der Waals surface area contributed by atoms with E-state index >= 15 is 0 Å². The summed E-state index contributed by atoms with van der Waals surface area (Å²) in [7, 11) is -23.2. The van der Waals surface area contributed by atoms with E-state index in [1.54, 1.807) is 0 Å². The lowest BCUT2D eigenvalue weighted by Gasteiger charge is -2.30. The van der Waals surface area contributed by atoms with Crippen LogP contribution >= 0.6 is 30.8 Å². The zero-order valence-electron chi connectivity index (χ0n) is 10.0. The number of phosphoric acid groups is 2. The maximum Gasteiger partial charge on any atom is 0.483 e. The van der Waals surface area contributed by atoms with Crippen LogP contribution in [0, 0.1) is 0 Å². The van der Waals surface area contributed by atoms with E-state index in [9.17, 15) is 23.4 Å². The van der Waals surface area contributed by atoms with Crippen LogP contribution in [0.2, 0.25) is 0 Å². The second-order valence-electron chi connectivity index (χ2n) is 3.67. The summed E-state index contributed by atoms with van der Waals surface area (Å²) in [5.41, 5.74) is 0. The number of hydrogen-bond donors (Lipinski definition) is 9. The molecule has 134 valence electrons. The van der Waals surface area contributed by atoms with Gasteiger partial charge in [-0.2, -0.15) is 4.31 Å². The van der Waals surface area contributed by atoms with E-state index in [-0.39, 0.29) is 0 Å². The molecule has 0 rings (SSSR count). The minimum absolute atomic E-state index is 1.99. The summed E-state index contributed by atoms with van der Waals surface area (Å²) < 4.78 is 50.0. The molecule has 9 N–H and O–H groups in total. The van der Waals surface area contributed by atoms with Gasteiger partial charge in [0, 0.05) is 0 Å². The van der Waals surface area contributed by atoms with Crippen LogP contribution in [0.4, 0.5) is 0 Å². The third kappa shape index (κ3) is 6.54. The molecule has 0 aromatic heterocycles. The maximum absolute atomic E-state index is 11.0. The minimum Gasteiger partial charge on any atom is -0.367 e. The van der Waals surface area contributed by atoms with Crippen molar-refractivity contribution in [1.82, 2.24) is 0 Å². The molecular formula is C3H12O15P4. The first-order valence-electron chi connectivity index (χ1n) is 4.60. The zero-order chi connectivity index (χ0) is 18.2. The number of rotatable bonds is 8. The molecule has 0 amide bonds. The summed E-state index contributed by atoms with van der Waals surface area (Å²) in [6, 6.07) is 0. The van der Waals surface area contributed by atoms with Gasteiger partial charge in [0.15, 0.2) is 6.29 Å². The van der Waals surface area contributed by atoms with Gasteiger partial charge in [0.1, 0.15) is 0 Å². The topological polar surface area (TPSA) is 269 Å². The van der Waals surface area contributed by atoms with Gasteiger partial charge in [-0.05, 0) is 0 Å². The minimum atomic E-state index is -5.98. The molecule has 0 radical (unpaired) electrons. The Morgan fingerprint density at radius 1 is 0.864 bits per heavy atom. The summed E-state index contributed by atoms with van der Waals surface area (Å²) in [5, 5.41) is 14.3. The van der Waals surface area contributed by atoms with Gasteiger partial charge in [0.25, 0.3) is 5.08 Å². The SMILES string of the molecule is O=P(O)(O)OP(=O)(O)OC(O)CC(O)(P(=O)(O)O)P(=O)(O)O.